The fourth-order valence-corrected chi connectivity index (χ4v) is 2.10. The van der Waals surface area contributed by atoms with Crippen LogP contribution in [0.1, 0.15) is 30.8 Å². The average molecular weight is 283 g/mol. The van der Waals surface area contributed by atoms with Crippen LogP contribution in [0.15, 0.2) is 24.5 Å². The van der Waals surface area contributed by atoms with Crippen LogP contribution in [-0.4, -0.2) is 21.7 Å². The van der Waals surface area contributed by atoms with Gasteiger partial charge in [-0.2, -0.15) is 5.10 Å². The molecule has 2 rings (SSSR count). The molecule has 0 amide bonds. The number of aromatic amines is 1. The molecular weight excluding hydrogens is 267 g/mol. The van der Waals surface area contributed by atoms with Crippen molar-refractivity contribution in [1.29, 1.82) is 0 Å². The smallest absolute Gasteiger partial charge is 0.142 e. The summed E-state index contributed by atoms with van der Waals surface area (Å²) >= 11 is 5.98. The zero-order chi connectivity index (χ0) is 13.7. The molecule has 102 valence electrons. The Hall–Kier alpha value is -1.46. The maximum atomic E-state index is 13.4. The van der Waals surface area contributed by atoms with Gasteiger partial charge < -0.3 is 5.32 Å². The summed E-state index contributed by atoms with van der Waals surface area (Å²) in [6.07, 6.45) is 3.02. The van der Waals surface area contributed by atoms with E-state index in [4.69, 9.17) is 11.6 Å². The van der Waals surface area contributed by atoms with E-state index in [2.05, 4.69) is 27.4 Å². The van der Waals surface area contributed by atoms with E-state index in [9.17, 15) is 4.39 Å². The number of hydrogen-bond acceptors (Lipinski definition) is 3. The van der Waals surface area contributed by atoms with E-state index in [1.54, 1.807) is 6.07 Å². The molecule has 1 aromatic carbocycles. The van der Waals surface area contributed by atoms with Gasteiger partial charge in [0.1, 0.15) is 18.0 Å². The van der Waals surface area contributed by atoms with E-state index >= 15 is 0 Å². The molecule has 1 aromatic heterocycles. The summed E-state index contributed by atoms with van der Waals surface area (Å²) < 4.78 is 13.4. The van der Waals surface area contributed by atoms with Gasteiger partial charge in [0.25, 0.3) is 0 Å². The Morgan fingerprint density at radius 3 is 3.00 bits per heavy atom. The van der Waals surface area contributed by atoms with E-state index in [-0.39, 0.29) is 11.1 Å². The lowest BCUT2D eigenvalue weighted by Gasteiger charge is -2.16. The van der Waals surface area contributed by atoms with Crippen molar-refractivity contribution >= 4 is 11.6 Å². The first-order chi connectivity index (χ1) is 9.22. The van der Waals surface area contributed by atoms with Gasteiger partial charge in [-0.3, -0.25) is 5.10 Å². The van der Waals surface area contributed by atoms with Gasteiger partial charge in [-0.15, -0.1) is 0 Å². The van der Waals surface area contributed by atoms with Crippen molar-refractivity contribution in [2.45, 2.75) is 25.8 Å². The predicted molar refractivity (Wildman–Crippen MR) is 72.5 cm³/mol. The second kappa shape index (κ2) is 6.63. The highest BCUT2D eigenvalue weighted by atomic mass is 35.5. The maximum Gasteiger partial charge on any atom is 0.142 e. The number of H-pyrrole nitrogens is 1. The molecule has 6 heteroatoms. The van der Waals surface area contributed by atoms with Gasteiger partial charge in [-0.25, -0.2) is 9.37 Å². The molecule has 2 N–H and O–H groups in total. The highest BCUT2D eigenvalue weighted by Gasteiger charge is 2.17. The number of hydrogen-bond donors (Lipinski definition) is 2. The minimum Gasteiger partial charge on any atom is -0.307 e. The van der Waals surface area contributed by atoms with Crippen LogP contribution in [0.3, 0.4) is 0 Å². The Kier molecular flexibility index (Phi) is 4.87. The topological polar surface area (TPSA) is 53.6 Å². The molecule has 0 aliphatic rings. The first kappa shape index (κ1) is 14.0. The fraction of sp³-hybridized carbons (Fsp3) is 0.385. The van der Waals surface area contributed by atoms with Crippen LogP contribution in [0.2, 0.25) is 5.02 Å². The van der Waals surface area contributed by atoms with Crippen molar-refractivity contribution in [2.24, 2.45) is 0 Å². The minimum atomic E-state index is -0.397. The first-order valence-corrected chi connectivity index (χ1v) is 6.61. The summed E-state index contributed by atoms with van der Waals surface area (Å²) in [7, 11) is 0. The van der Waals surface area contributed by atoms with Gasteiger partial charge >= 0.3 is 0 Å². The third kappa shape index (κ3) is 3.52. The van der Waals surface area contributed by atoms with E-state index < -0.39 is 5.82 Å². The number of rotatable bonds is 6. The number of benzene rings is 1. The van der Waals surface area contributed by atoms with Crippen LogP contribution in [0.4, 0.5) is 4.39 Å². The molecule has 1 atom stereocenters. The van der Waals surface area contributed by atoms with Crippen molar-refractivity contribution < 1.29 is 4.39 Å². The van der Waals surface area contributed by atoms with E-state index in [0.29, 0.717) is 6.42 Å². The maximum absolute atomic E-state index is 13.4. The molecule has 0 saturated carbocycles. The molecule has 2 aromatic rings. The molecule has 0 spiro atoms. The standard InChI is InChI=1S/C13H16ClFN4/c1-2-6-16-11(13-17-8-18-19-13)7-9-4-3-5-10(15)12(9)14/h3-5,8,11,16H,2,6-7H2,1H3,(H,17,18,19). The van der Waals surface area contributed by atoms with Crippen molar-refractivity contribution in [3.05, 3.63) is 46.8 Å². The van der Waals surface area contributed by atoms with E-state index in [0.717, 1.165) is 24.4 Å². The first-order valence-electron chi connectivity index (χ1n) is 6.24. The molecule has 1 unspecified atom stereocenters. The van der Waals surface area contributed by atoms with Gasteiger partial charge in [0.05, 0.1) is 11.1 Å². The number of aromatic nitrogens is 3. The normalized spacial score (nSPS) is 12.6. The van der Waals surface area contributed by atoms with Crippen LogP contribution < -0.4 is 5.32 Å². The fourth-order valence-electron chi connectivity index (χ4n) is 1.89. The summed E-state index contributed by atoms with van der Waals surface area (Å²) in [6, 6.07) is 4.78. The summed E-state index contributed by atoms with van der Waals surface area (Å²) in [5.41, 5.74) is 0.756. The van der Waals surface area contributed by atoms with Crippen LogP contribution in [0.25, 0.3) is 0 Å². The summed E-state index contributed by atoms with van der Waals surface area (Å²) in [5, 5.41) is 10.2. The van der Waals surface area contributed by atoms with Crippen LogP contribution >= 0.6 is 11.6 Å². The lowest BCUT2D eigenvalue weighted by atomic mass is 10.0. The third-order valence-corrected chi connectivity index (χ3v) is 3.28. The second-order valence-corrected chi connectivity index (χ2v) is 4.67. The molecule has 0 radical (unpaired) electrons. The van der Waals surface area contributed by atoms with Crippen molar-refractivity contribution in [3.8, 4) is 0 Å². The number of nitrogens with zero attached hydrogens (tertiary/aromatic N) is 2. The Morgan fingerprint density at radius 2 is 2.32 bits per heavy atom. The van der Waals surface area contributed by atoms with Crippen molar-refractivity contribution in [1.82, 2.24) is 20.5 Å². The van der Waals surface area contributed by atoms with E-state index in [1.807, 2.05) is 6.07 Å². The lowest BCUT2D eigenvalue weighted by molar-refractivity contribution is 0.504. The van der Waals surface area contributed by atoms with Crippen LogP contribution in [0.5, 0.6) is 0 Å². The molecule has 0 aliphatic carbocycles. The quantitative estimate of drug-likeness (QED) is 0.856. The zero-order valence-corrected chi connectivity index (χ0v) is 11.4. The van der Waals surface area contributed by atoms with Gasteiger partial charge in [0, 0.05) is 0 Å². The van der Waals surface area contributed by atoms with Crippen molar-refractivity contribution in [3.63, 3.8) is 0 Å². The summed E-state index contributed by atoms with van der Waals surface area (Å²) in [6.45, 7) is 2.93. The lowest BCUT2D eigenvalue weighted by Crippen LogP contribution is -2.25. The third-order valence-electron chi connectivity index (χ3n) is 2.86. The number of nitrogens with one attached hydrogen (secondary N) is 2. The minimum absolute atomic E-state index is 0.0539. The molecule has 0 bridgehead atoms. The second-order valence-electron chi connectivity index (χ2n) is 4.29. The van der Waals surface area contributed by atoms with Gasteiger partial charge in [-0.1, -0.05) is 30.7 Å². The molecule has 19 heavy (non-hydrogen) atoms. The predicted octanol–water partition coefficient (Wildman–Crippen LogP) is 2.88. The Morgan fingerprint density at radius 1 is 1.47 bits per heavy atom. The summed E-state index contributed by atoms with van der Waals surface area (Å²) in [4.78, 5) is 4.15. The molecule has 0 saturated heterocycles. The largest absolute Gasteiger partial charge is 0.307 e. The molecule has 0 aliphatic heterocycles. The summed E-state index contributed by atoms with van der Waals surface area (Å²) in [5.74, 6) is 0.333. The van der Waals surface area contributed by atoms with Crippen LogP contribution in [-0.2, 0) is 6.42 Å². The van der Waals surface area contributed by atoms with Gasteiger partial charge in [0.15, 0.2) is 0 Å². The van der Waals surface area contributed by atoms with Crippen LogP contribution in [0, 0.1) is 5.82 Å². The highest BCUT2D eigenvalue weighted by Crippen LogP contribution is 2.24. The molecule has 0 fully saturated rings. The SMILES string of the molecule is CCCNC(Cc1cccc(F)c1Cl)c1ncn[nH]1. The van der Waals surface area contributed by atoms with Gasteiger partial charge in [0.2, 0.25) is 0 Å². The highest BCUT2D eigenvalue weighted by molar-refractivity contribution is 6.31. The Bertz CT molecular complexity index is 515. The molecular formula is C13H16ClFN4. The zero-order valence-electron chi connectivity index (χ0n) is 10.7. The molecule has 4 nitrogen and oxygen atoms in total. The van der Waals surface area contributed by atoms with Crippen molar-refractivity contribution in [2.75, 3.05) is 6.54 Å². The Balaban J connectivity index is 2.18. The Labute approximate surface area is 116 Å². The van der Waals surface area contributed by atoms with Gasteiger partial charge in [-0.05, 0) is 31.0 Å². The monoisotopic (exact) mass is 282 g/mol. The van der Waals surface area contributed by atoms with E-state index in [1.165, 1.54) is 12.4 Å². The molecule has 1 heterocycles. The number of halogens is 2. The average Bonchev–Trinajstić information content (AvgIpc) is 2.93.